The molecule has 1 aliphatic carbocycles. The Morgan fingerprint density at radius 3 is 2.30 bits per heavy atom. The van der Waals surface area contributed by atoms with Crippen molar-refractivity contribution in [2.24, 2.45) is 16.0 Å². The summed E-state index contributed by atoms with van der Waals surface area (Å²) in [6.07, 6.45) is 3.67. The van der Waals surface area contributed by atoms with Gasteiger partial charge < -0.3 is 15.2 Å². The lowest BCUT2D eigenvalue weighted by Crippen LogP contribution is -2.40. The van der Waals surface area contributed by atoms with E-state index in [9.17, 15) is 9.00 Å². The Kier molecular flexibility index (Phi) is 5.54. The Bertz CT molecular complexity index is 792. The lowest BCUT2D eigenvalue weighted by molar-refractivity contribution is -0.130. The van der Waals surface area contributed by atoms with E-state index in [0.717, 1.165) is 31.4 Å². The first-order chi connectivity index (χ1) is 12.7. The molecule has 0 atom stereocenters. The minimum atomic E-state index is -2.52. The molecule has 1 aliphatic heterocycles. The average Bonchev–Trinajstić information content (AvgIpc) is 3.35. The van der Waals surface area contributed by atoms with E-state index in [0.29, 0.717) is 29.8 Å². The van der Waals surface area contributed by atoms with E-state index in [-0.39, 0.29) is 5.54 Å². The standard InChI is InChI=1S/C20H30N2O4S/c1-4-25-16-5-7-17(8-6-16)26-19(2,3)18(23)22-27(24)13-9-15(10-14-27)20(21)11-12-20/h5-8,15H,4,9-14,21H2,1-3H3. The van der Waals surface area contributed by atoms with Crippen LogP contribution in [-0.2, 0) is 14.5 Å². The largest absolute Gasteiger partial charge is 0.494 e. The van der Waals surface area contributed by atoms with Gasteiger partial charge in [-0.3, -0.25) is 4.79 Å². The van der Waals surface area contributed by atoms with Crippen molar-refractivity contribution in [3.05, 3.63) is 24.3 Å². The molecule has 1 aromatic carbocycles. The first-order valence-corrected chi connectivity index (χ1v) is 11.5. The lowest BCUT2D eigenvalue weighted by Gasteiger charge is -2.30. The number of carbonyl (C=O) groups excluding carboxylic acids is 1. The van der Waals surface area contributed by atoms with Crippen molar-refractivity contribution >= 4 is 15.6 Å². The van der Waals surface area contributed by atoms with Crippen molar-refractivity contribution in [3.8, 4) is 11.5 Å². The number of carbonyl (C=O) groups is 1. The van der Waals surface area contributed by atoms with Gasteiger partial charge in [-0.15, -0.1) is 0 Å². The molecular weight excluding hydrogens is 364 g/mol. The van der Waals surface area contributed by atoms with Gasteiger partial charge in [0.15, 0.2) is 5.60 Å². The maximum absolute atomic E-state index is 13.0. The molecule has 1 aromatic rings. The highest BCUT2D eigenvalue weighted by Gasteiger charge is 2.47. The summed E-state index contributed by atoms with van der Waals surface area (Å²) < 4.78 is 28.4. The van der Waals surface area contributed by atoms with Gasteiger partial charge in [0.25, 0.3) is 5.91 Å². The topological polar surface area (TPSA) is 91.0 Å². The Hall–Kier alpha value is -1.60. The van der Waals surface area contributed by atoms with Gasteiger partial charge in [-0.05, 0) is 76.6 Å². The number of nitrogens with two attached hydrogens (primary N) is 1. The van der Waals surface area contributed by atoms with Crippen LogP contribution in [0.4, 0.5) is 0 Å². The Morgan fingerprint density at radius 2 is 1.78 bits per heavy atom. The fraction of sp³-hybridized carbons (Fsp3) is 0.650. The number of ether oxygens (including phenoxy) is 2. The molecule has 7 heteroatoms. The Morgan fingerprint density at radius 1 is 1.22 bits per heavy atom. The molecule has 1 amide bonds. The molecule has 1 heterocycles. The monoisotopic (exact) mass is 394 g/mol. The van der Waals surface area contributed by atoms with Gasteiger partial charge in [0.2, 0.25) is 0 Å². The number of hydrogen-bond donors (Lipinski definition) is 1. The van der Waals surface area contributed by atoms with Crippen molar-refractivity contribution in [2.75, 3.05) is 18.1 Å². The third-order valence-electron chi connectivity index (χ3n) is 5.48. The third-order valence-corrected chi connectivity index (χ3v) is 7.73. The second-order valence-corrected chi connectivity index (χ2v) is 10.6. The highest BCUT2D eigenvalue weighted by molar-refractivity contribution is 7.93. The minimum absolute atomic E-state index is 0.0547. The van der Waals surface area contributed by atoms with Crippen LogP contribution in [0.15, 0.2) is 28.6 Å². The van der Waals surface area contributed by atoms with Gasteiger partial charge in [0.05, 0.1) is 16.3 Å². The molecular formula is C20H30N2O4S. The second kappa shape index (κ2) is 7.43. The minimum Gasteiger partial charge on any atom is -0.494 e. The number of amides is 1. The van der Waals surface area contributed by atoms with Crippen LogP contribution in [-0.4, -0.2) is 39.4 Å². The first-order valence-electron chi connectivity index (χ1n) is 9.63. The number of benzene rings is 1. The Labute approximate surface area is 162 Å². The van der Waals surface area contributed by atoms with Crippen molar-refractivity contribution in [1.82, 2.24) is 0 Å². The smallest absolute Gasteiger partial charge is 0.297 e. The predicted octanol–water partition coefficient (Wildman–Crippen LogP) is 3.14. The highest BCUT2D eigenvalue weighted by atomic mass is 32.2. The summed E-state index contributed by atoms with van der Waals surface area (Å²) in [4.78, 5) is 12.7. The van der Waals surface area contributed by atoms with E-state index < -0.39 is 21.2 Å². The number of hydrogen-bond acceptors (Lipinski definition) is 5. The molecule has 1 saturated heterocycles. The molecule has 2 N–H and O–H groups in total. The van der Waals surface area contributed by atoms with E-state index in [2.05, 4.69) is 4.36 Å². The number of rotatable bonds is 6. The lowest BCUT2D eigenvalue weighted by atomic mass is 9.92. The van der Waals surface area contributed by atoms with Crippen LogP contribution >= 0.6 is 0 Å². The zero-order chi connectivity index (χ0) is 19.7. The second-order valence-electron chi connectivity index (χ2n) is 8.10. The zero-order valence-corrected chi connectivity index (χ0v) is 17.2. The van der Waals surface area contributed by atoms with Crippen molar-refractivity contribution in [2.45, 2.75) is 57.6 Å². The van der Waals surface area contributed by atoms with Crippen LogP contribution in [0.2, 0.25) is 0 Å². The van der Waals surface area contributed by atoms with Gasteiger partial charge in [-0.2, -0.15) is 4.36 Å². The number of nitrogens with zero attached hydrogens (tertiary/aromatic N) is 1. The van der Waals surface area contributed by atoms with E-state index in [1.807, 2.05) is 6.92 Å². The summed E-state index contributed by atoms with van der Waals surface area (Å²) >= 11 is 0. The third kappa shape index (κ3) is 4.82. The molecule has 2 fully saturated rings. The van der Waals surface area contributed by atoms with Gasteiger partial charge in [-0.25, -0.2) is 4.21 Å². The SMILES string of the molecule is CCOc1ccc(OC(C)(C)C(=O)N=S2(=O)CCC(C3(N)CC3)CC2)cc1. The normalized spacial score (nSPS) is 26.9. The molecule has 0 unspecified atom stereocenters. The summed E-state index contributed by atoms with van der Waals surface area (Å²) in [5.74, 6) is 2.11. The van der Waals surface area contributed by atoms with Gasteiger partial charge in [-0.1, -0.05) is 0 Å². The van der Waals surface area contributed by atoms with E-state index in [1.54, 1.807) is 38.1 Å². The van der Waals surface area contributed by atoms with Gasteiger partial charge in [0, 0.05) is 17.0 Å². The van der Waals surface area contributed by atoms with Crippen molar-refractivity contribution in [1.29, 1.82) is 0 Å². The summed E-state index contributed by atoms with van der Waals surface area (Å²) in [6.45, 7) is 5.81. The Balaban J connectivity index is 1.64. The molecule has 1 saturated carbocycles. The van der Waals surface area contributed by atoms with Crippen molar-refractivity contribution < 1.29 is 18.5 Å². The molecule has 3 rings (SSSR count). The molecule has 27 heavy (non-hydrogen) atoms. The van der Waals surface area contributed by atoms with Crippen LogP contribution in [0.25, 0.3) is 0 Å². The average molecular weight is 395 g/mol. The van der Waals surface area contributed by atoms with Crippen molar-refractivity contribution in [3.63, 3.8) is 0 Å². The summed E-state index contributed by atoms with van der Waals surface area (Å²) in [6, 6.07) is 7.08. The van der Waals surface area contributed by atoms with Crippen LogP contribution in [0.3, 0.4) is 0 Å². The maximum Gasteiger partial charge on any atom is 0.297 e. The quantitative estimate of drug-likeness (QED) is 0.800. The van der Waals surface area contributed by atoms with E-state index in [4.69, 9.17) is 15.2 Å². The molecule has 0 aromatic heterocycles. The fourth-order valence-corrected chi connectivity index (χ4v) is 5.70. The molecule has 0 bridgehead atoms. The molecule has 0 radical (unpaired) electrons. The summed E-state index contributed by atoms with van der Waals surface area (Å²) in [5, 5.41) is 0. The van der Waals surface area contributed by atoms with Crippen LogP contribution in [0.1, 0.15) is 46.5 Å². The van der Waals surface area contributed by atoms with Gasteiger partial charge >= 0.3 is 0 Å². The predicted molar refractivity (Wildman–Crippen MR) is 107 cm³/mol. The van der Waals surface area contributed by atoms with Crippen LogP contribution in [0.5, 0.6) is 11.5 Å². The molecule has 2 aliphatic rings. The zero-order valence-electron chi connectivity index (χ0n) is 16.4. The first kappa shape index (κ1) is 20.1. The summed E-state index contributed by atoms with van der Waals surface area (Å²) in [7, 11) is -2.52. The summed E-state index contributed by atoms with van der Waals surface area (Å²) in [5.41, 5.74) is 5.04. The van der Waals surface area contributed by atoms with Crippen LogP contribution < -0.4 is 15.2 Å². The van der Waals surface area contributed by atoms with Crippen LogP contribution in [0, 0.1) is 5.92 Å². The van der Waals surface area contributed by atoms with Gasteiger partial charge in [0.1, 0.15) is 11.5 Å². The van der Waals surface area contributed by atoms with E-state index >= 15 is 0 Å². The maximum atomic E-state index is 13.0. The van der Waals surface area contributed by atoms with E-state index in [1.165, 1.54) is 0 Å². The molecule has 0 spiro atoms. The molecule has 6 nitrogen and oxygen atoms in total. The molecule has 150 valence electrons. The highest BCUT2D eigenvalue weighted by Crippen LogP contribution is 2.44. The fourth-order valence-electron chi connectivity index (χ4n) is 3.49.